The Hall–Kier alpha value is -2.37. The quantitative estimate of drug-likeness (QED) is 0.643. The first-order chi connectivity index (χ1) is 14.4. The molecule has 162 valence electrons. The van der Waals surface area contributed by atoms with Gasteiger partial charge in [0.15, 0.2) is 0 Å². The number of hydrogen-bond acceptors (Lipinski definition) is 4. The van der Waals surface area contributed by atoms with Gasteiger partial charge in [-0.05, 0) is 61.8 Å². The molecule has 0 aliphatic heterocycles. The SMILES string of the molecule is COC(=O)[C@H](Cc1ccccc1)NC(=O)CCC(=O)NC12CC3CC(CC(C3)C1)C2. The van der Waals surface area contributed by atoms with Crippen LogP contribution < -0.4 is 10.6 Å². The molecule has 6 nitrogen and oxygen atoms in total. The Balaban J connectivity index is 1.27. The number of esters is 1. The van der Waals surface area contributed by atoms with Crippen LogP contribution >= 0.6 is 0 Å². The van der Waals surface area contributed by atoms with Crippen LogP contribution in [0.15, 0.2) is 30.3 Å². The van der Waals surface area contributed by atoms with Gasteiger partial charge < -0.3 is 15.4 Å². The lowest BCUT2D eigenvalue weighted by molar-refractivity contribution is -0.145. The van der Waals surface area contributed by atoms with Gasteiger partial charge in [-0.15, -0.1) is 0 Å². The van der Waals surface area contributed by atoms with Crippen molar-refractivity contribution < 1.29 is 19.1 Å². The van der Waals surface area contributed by atoms with Gasteiger partial charge in [0.05, 0.1) is 7.11 Å². The molecule has 4 saturated carbocycles. The van der Waals surface area contributed by atoms with Crippen molar-refractivity contribution in [2.75, 3.05) is 7.11 Å². The summed E-state index contributed by atoms with van der Waals surface area (Å²) in [5.41, 5.74) is 0.900. The van der Waals surface area contributed by atoms with Crippen molar-refractivity contribution in [3.8, 4) is 0 Å². The average Bonchev–Trinajstić information content (AvgIpc) is 2.70. The van der Waals surface area contributed by atoms with Crippen LogP contribution in [0, 0.1) is 17.8 Å². The lowest BCUT2D eigenvalue weighted by Gasteiger charge is -2.56. The van der Waals surface area contributed by atoms with E-state index in [4.69, 9.17) is 4.74 Å². The van der Waals surface area contributed by atoms with Gasteiger partial charge in [0.2, 0.25) is 11.8 Å². The van der Waals surface area contributed by atoms with Crippen LogP contribution in [-0.4, -0.2) is 36.5 Å². The second kappa shape index (κ2) is 8.78. The molecule has 0 spiro atoms. The molecule has 2 N–H and O–H groups in total. The number of rotatable bonds is 8. The van der Waals surface area contributed by atoms with Gasteiger partial charge in [-0.2, -0.15) is 0 Å². The Morgan fingerprint density at radius 3 is 2.10 bits per heavy atom. The normalized spacial score (nSPS) is 29.8. The zero-order chi connectivity index (χ0) is 21.1. The maximum absolute atomic E-state index is 12.6. The summed E-state index contributed by atoms with van der Waals surface area (Å²) in [4.78, 5) is 37.1. The maximum Gasteiger partial charge on any atom is 0.328 e. The number of benzene rings is 1. The largest absolute Gasteiger partial charge is 0.467 e. The van der Waals surface area contributed by atoms with Crippen molar-refractivity contribution in [3.63, 3.8) is 0 Å². The van der Waals surface area contributed by atoms with Crippen LogP contribution in [0.5, 0.6) is 0 Å². The molecule has 0 unspecified atom stereocenters. The minimum absolute atomic E-state index is 0.0375. The van der Waals surface area contributed by atoms with Crippen LogP contribution in [0.2, 0.25) is 0 Å². The second-order valence-corrected chi connectivity index (χ2v) is 9.58. The highest BCUT2D eigenvalue weighted by atomic mass is 16.5. The molecule has 4 aliphatic rings. The van der Waals surface area contributed by atoms with Crippen molar-refractivity contribution in [1.82, 2.24) is 10.6 Å². The lowest BCUT2D eigenvalue weighted by Crippen LogP contribution is -2.59. The predicted octanol–water partition coefficient (Wildman–Crippen LogP) is 2.75. The molecule has 0 saturated heterocycles. The first kappa shape index (κ1) is 20.9. The maximum atomic E-state index is 12.6. The molecule has 30 heavy (non-hydrogen) atoms. The highest BCUT2D eigenvalue weighted by Gasteiger charge is 2.51. The predicted molar refractivity (Wildman–Crippen MR) is 112 cm³/mol. The van der Waals surface area contributed by atoms with Gasteiger partial charge in [-0.25, -0.2) is 4.79 Å². The fraction of sp³-hybridized carbons (Fsp3) is 0.625. The van der Waals surface area contributed by atoms with E-state index in [-0.39, 0.29) is 30.2 Å². The van der Waals surface area contributed by atoms with Crippen molar-refractivity contribution in [3.05, 3.63) is 35.9 Å². The Bertz CT molecular complexity index is 756. The molecular weight excluding hydrogens is 380 g/mol. The van der Waals surface area contributed by atoms with Crippen molar-refractivity contribution in [2.24, 2.45) is 17.8 Å². The van der Waals surface area contributed by atoms with Crippen molar-refractivity contribution in [1.29, 1.82) is 0 Å². The van der Waals surface area contributed by atoms with E-state index in [1.54, 1.807) is 0 Å². The van der Waals surface area contributed by atoms with E-state index in [1.807, 2.05) is 30.3 Å². The monoisotopic (exact) mass is 412 g/mol. The third-order valence-electron chi connectivity index (χ3n) is 7.13. The van der Waals surface area contributed by atoms with Gasteiger partial charge in [0.1, 0.15) is 6.04 Å². The van der Waals surface area contributed by atoms with Gasteiger partial charge >= 0.3 is 5.97 Å². The topological polar surface area (TPSA) is 84.5 Å². The van der Waals surface area contributed by atoms with Crippen LogP contribution in [-0.2, 0) is 25.5 Å². The van der Waals surface area contributed by atoms with Gasteiger partial charge in [-0.1, -0.05) is 30.3 Å². The fourth-order valence-corrected chi connectivity index (χ4v) is 6.30. The van der Waals surface area contributed by atoms with Gasteiger partial charge in [0, 0.05) is 24.8 Å². The van der Waals surface area contributed by atoms with E-state index in [0.29, 0.717) is 6.42 Å². The molecule has 6 heteroatoms. The summed E-state index contributed by atoms with van der Waals surface area (Å²) in [6.07, 6.45) is 7.84. The van der Waals surface area contributed by atoms with Crippen LogP contribution in [0.3, 0.4) is 0 Å². The third-order valence-corrected chi connectivity index (χ3v) is 7.13. The number of nitrogens with one attached hydrogen (secondary N) is 2. The Morgan fingerprint density at radius 2 is 1.53 bits per heavy atom. The minimum atomic E-state index is -0.754. The third kappa shape index (κ3) is 4.85. The first-order valence-electron chi connectivity index (χ1n) is 11.2. The first-order valence-corrected chi connectivity index (χ1v) is 11.2. The van der Waals surface area contributed by atoms with E-state index < -0.39 is 12.0 Å². The highest BCUT2D eigenvalue weighted by molar-refractivity contribution is 5.87. The summed E-state index contributed by atoms with van der Waals surface area (Å²) in [6.45, 7) is 0. The van der Waals surface area contributed by atoms with E-state index in [2.05, 4.69) is 10.6 Å². The molecule has 4 bridgehead atoms. The molecule has 4 fully saturated rings. The molecule has 1 aromatic rings. The highest BCUT2D eigenvalue weighted by Crippen LogP contribution is 2.55. The molecule has 0 heterocycles. The summed E-state index contributed by atoms with van der Waals surface area (Å²) < 4.78 is 4.84. The zero-order valence-corrected chi connectivity index (χ0v) is 17.7. The molecule has 1 aromatic carbocycles. The summed E-state index contributed by atoms with van der Waals surface area (Å²) in [7, 11) is 1.31. The van der Waals surface area contributed by atoms with E-state index in [0.717, 1.165) is 42.6 Å². The number of carbonyl (C=O) groups is 3. The number of amides is 2. The molecule has 0 aromatic heterocycles. The minimum Gasteiger partial charge on any atom is -0.467 e. The summed E-state index contributed by atoms with van der Waals surface area (Å²) in [5.74, 6) is 1.45. The summed E-state index contributed by atoms with van der Waals surface area (Å²) in [6, 6.07) is 8.73. The van der Waals surface area contributed by atoms with Crippen molar-refractivity contribution >= 4 is 17.8 Å². The molecule has 2 amide bonds. The standard InChI is InChI=1S/C24H32N2O4/c1-30-23(29)20(12-16-5-3-2-4-6-16)25-21(27)7-8-22(28)26-24-13-17-9-18(14-24)11-19(10-17)15-24/h2-6,17-20H,7-15H2,1H3,(H,25,27)(H,26,28)/t17?,18?,19?,20-,24?/m0/s1. The number of hydrogen-bond donors (Lipinski definition) is 2. The Kier molecular flexibility index (Phi) is 6.11. The number of carbonyl (C=O) groups excluding carboxylic acids is 3. The van der Waals surface area contributed by atoms with Crippen molar-refractivity contribution in [2.45, 2.75) is 69.4 Å². The van der Waals surface area contributed by atoms with E-state index in [1.165, 1.54) is 26.4 Å². The second-order valence-electron chi connectivity index (χ2n) is 9.58. The smallest absolute Gasteiger partial charge is 0.328 e. The van der Waals surface area contributed by atoms with Gasteiger partial charge in [0.25, 0.3) is 0 Å². The summed E-state index contributed by atoms with van der Waals surface area (Å²) >= 11 is 0. The van der Waals surface area contributed by atoms with E-state index >= 15 is 0 Å². The van der Waals surface area contributed by atoms with Crippen LogP contribution in [0.1, 0.15) is 56.9 Å². The number of ether oxygens (including phenoxy) is 1. The summed E-state index contributed by atoms with van der Waals surface area (Å²) in [5, 5.41) is 6.03. The van der Waals surface area contributed by atoms with Crippen LogP contribution in [0.25, 0.3) is 0 Å². The molecular formula is C24H32N2O4. The van der Waals surface area contributed by atoms with Gasteiger partial charge in [-0.3, -0.25) is 9.59 Å². The fourth-order valence-electron chi connectivity index (χ4n) is 6.30. The molecule has 4 aliphatic carbocycles. The molecule has 1 atom stereocenters. The van der Waals surface area contributed by atoms with Crippen LogP contribution in [0.4, 0.5) is 0 Å². The Labute approximate surface area is 178 Å². The Morgan fingerprint density at radius 1 is 0.967 bits per heavy atom. The molecule has 0 radical (unpaired) electrons. The molecule has 5 rings (SSSR count). The zero-order valence-electron chi connectivity index (χ0n) is 17.7. The average molecular weight is 413 g/mol. The number of methoxy groups -OCH3 is 1. The lowest BCUT2D eigenvalue weighted by atomic mass is 9.53. The van der Waals surface area contributed by atoms with E-state index in [9.17, 15) is 14.4 Å².